The van der Waals surface area contributed by atoms with Gasteiger partial charge in [-0.05, 0) is 25.1 Å². The predicted octanol–water partition coefficient (Wildman–Crippen LogP) is -0.811. The molecular formula is C15H17F2N5O7S. The number of carbonyl (C=O) groups excluding carboxylic acids is 1. The SMILES string of the molecule is CC(O)[C@H](NS(=O)(=O)N[C@@H](CC(N)=O)c1nc(-c2cc(F)ccc2F)no1)C(=O)O. The smallest absolute Gasteiger partial charge is 0.324 e. The number of carboxylic acids is 1. The zero-order valence-electron chi connectivity index (χ0n) is 15.2. The largest absolute Gasteiger partial charge is 0.480 e. The number of benzene rings is 1. The molecule has 0 aliphatic heterocycles. The number of halogens is 2. The second kappa shape index (κ2) is 9.21. The average molecular weight is 449 g/mol. The highest BCUT2D eigenvalue weighted by Crippen LogP contribution is 2.24. The van der Waals surface area contributed by atoms with E-state index in [1.54, 1.807) is 4.72 Å². The minimum absolute atomic E-state index is 0.385. The quantitative estimate of drug-likeness (QED) is 0.308. The summed E-state index contributed by atoms with van der Waals surface area (Å²) >= 11 is 0. The van der Waals surface area contributed by atoms with E-state index in [9.17, 15) is 31.9 Å². The fourth-order valence-electron chi connectivity index (χ4n) is 2.28. The standard InChI is InChI=1S/C15H17F2N5O7S/c1-6(23)12(15(25)26)22-30(27,28)21-10(5-11(18)24)14-19-13(20-29-14)8-4-7(16)2-3-9(8)17/h2-4,6,10,12,21-23H,5H2,1H3,(H2,18,24)(H,25,26)/t6?,10-,12-/m0/s1. The zero-order chi connectivity index (χ0) is 22.6. The number of aliphatic hydroxyl groups is 1. The first-order chi connectivity index (χ1) is 13.9. The van der Waals surface area contributed by atoms with Crippen molar-refractivity contribution in [2.75, 3.05) is 0 Å². The van der Waals surface area contributed by atoms with Crippen molar-refractivity contribution in [1.82, 2.24) is 19.6 Å². The van der Waals surface area contributed by atoms with E-state index in [1.807, 2.05) is 4.72 Å². The van der Waals surface area contributed by atoms with Gasteiger partial charge in [0, 0.05) is 0 Å². The molecule has 0 aliphatic carbocycles. The molecule has 0 radical (unpaired) electrons. The van der Waals surface area contributed by atoms with Gasteiger partial charge in [-0.1, -0.05) is 5.16 Å². The van der Waals surface area contributed by atoms with Crippen LogP contribution in [0.4, 0.5) is 8.78 Å². The average Bonchev–Trinajstić information content (AvgIpc) is 3.10. The molecule has 0 bridgehead atoms. The first kappa shape index (κ1) is 23.3. The first-order valence-electron chi connectivity index (χ1n) is 8.17. The van der Waals surface area contributed by atoms with Gasteiger partial charge in [-0.15, -0.1) is 0 Å². The molecule has 1 aromatic carbocycles. The van der Waals surface area contributed by atoms with Crippen molar-refractivity contribution in [1.29, 1.82) is 0 Å². The van der Waals surface area contributed by atoms with Crippen molar-refractivity contribution in [3.8, 4) is 11.4 Å². The van der Waals surface area contributed by atoms with E-state index < -0.39 is 70.0 Å². The lowest BCUT2D eigenvalue weighted by atomic mass is 10.2. The van der Waals surface area contributed by atoms with E-state index >= 15 is 0 Å². The number of nitrogens with zero attached hydrogens (tertiary/aromatic N) is 2. The molecule has 3 atom stereocenters. The van der Waals surface area contributed by atoms with Crippen LogP contribution < -0.4 is 15.2 Å². The van der Waals surface area contributed by atoms with Gasteiger partial charge in [-0.25, -0.2) is 8.78 Å². The summed E-state index contributed by atoms with van der Waals surface area (Å²) < 4.78 is 60.1. The lowest BCUT2D eigenvalue weighted by Crippen LogP contribution is -2.52. The van der Waals surface area contributed by atoms with E-state index in [2.05, 4.69) is 10.1 Å². The Labute approximate surface area is 168 Å². The number of primary amides is 1. The van der Waals surface area contributed by atoms with Gasteiger partial charge in [-0.3, -0.25) is 9.59 Å². The molecule has 0 fully saturated rings. The molecule has 1 unspecified atom stereocenters. The van der Waals surface area contributed by atoms with Crippen LogP contribution in [0.25, 0.3) is 11.4 Å². The number of aliphatic hydroxyl groups excluding tert-OH is 1. The molecule has 164 valence electrons. The van der Waals surface area contributed by atoms with Crippen molar-refractivity contribution in [2.45, 2.75) is 31.5 Å². The van der Waals surface area contributed by atoms with Gasteiger partial charge in [-0.2, -0.15) is 22.8 Å². The first-order valence-corrected chi connectivity index (χ1v) is 9.65. The monoisotopic (exact) mass is 449 g/mol. The van der Waals surface area contributed by atoms with Crippen molar-refractivity contribution in [2.24, 2.45) is 5.73 Å². The number of rotatable bonds is 10. The third kappa shape index (κ3) is 5.99. The van der Waals surface area contributed by atoms with Gasteiger partial charge in [0.1, 0.15) is 23.7 Å². The van der Waals surface area contributed by atoms with Crippen molar-refractivity contribution in [3.05, 3.63) is 35.7 Å². The van der Waals surface area contributed by atoms with E-state index in [4.69, 9.17) is 15.4 Å². The Bertz CT molecular complexity index is 1040. The molecule has 0 saturated carbocycles. The van der Waals surface area contributed by atoms with E-state index in [-0.39, 0.29) is 5.56 Å². The summed E-state index contributed by atoms with van der Waals surface area (Å²) in [5.41, 5.74) is 4.70. The Morgan fingerprint density at radius 3 is 2.53 bits per heavy atom. The van der Waals surface area contributed by atoms with Crippen molar-refractivity contribution in [3.63, 3.8) is 0 Å². The Balaban J connectivity index is 2.32. The van der Waals surface area contributed by atoms with E-state index in [0.29, 0.717) is 0 Å². The van der Waals surface area contributed by atoms with Crippen LogP contribution in [-0.2, 0) is 19.8 Å². The Hall–Kier alpha value is -3.01. The Morgan fingerprint density at radius 2 is 1.97 bits per heavy atom. The molecule has 0 saturated heterocycles. The summed E-state index contributed by atoms with van der Waals surface area (Å²) in [7, 11) is -4.64. The number of aromatic nitrogens is 2. The molecule has 6 N–H and O–H groups in total. The zero-order valence-corrected chi connectivity index (χ0v) is 16.1. The summed E-state index contributed by atoms with van der Waals surface area (Å²) in [5.74, 6) is -5.31. The highest BCUT2D eigenvalue weighted by atomic mass is 32.2. The normalized spacial score (nSPS) is 14.8. The number of aliphatic carboxylic acids is 1. The number of nitrogens with one attached hydrogen (secondary N) is 2. The van der Waals surface area contributed by atoms with Crippen LogP contribution in [0.5, 0.6) is 0 Å². The fourth-order valence-corrected chi connectivity index (χ4v) is 3.54. The number of hydrogen-bond acceptors (Lipinski definition) is 8. The van der Waals surface area contributed by atoms with Gasteiger partial charge in [0.05, 0.1) is 18.1 Å². The maximum atomic E-state index is 13.9. The third-order valence-electron chi connectivity index (χ3n) is 3.64. The van der Waals surface area contributed by atoms with Crippen LogP contribution in [0.15, 0.2) is 22.7 Å². The summed E-state index contributed by atoms with van der Waals surface area (Å²) in [5, 5.41) is 21.8. The topological polar surface area (TPSA) is 198 Å². The van der Waals surface area contributed by atoms with Crippen LogP contribution in [0.2, 0.25) is 0 Å². The maximum absolute atomic E-state index is 13.9. The highest BCUT2D eigenvalue weighted by Gasteiger charge is 2.32. The number of nitrogens with two attached hydrogens (primary N) is 1. The van der Waals surface area contributed by atoms with Crippen LogP contribution in [-0.4, -0.2) is 52.8 Å². The molecule has 2 aromatic rings. The molecule has 12 nitrogen and oxygen atoms in total. The van der Waals surface area contributed by atoms with Gasteiger partial charge in [0.25, 0.3) is 10.2 Å². The van der Waals surface area contributed by atoms with Crippen molar-refractivity contribution < 1.29 is 41.5 Å². The summed E-state index contributed by atoms with van der Waals surface area (Å²) in [4.78, 5) is 26.1. The summed E-state index contributed by atoms with van der Waals surface area (Å²) in [6, 6.07) is -1.02. The molecule has 0 spiro atoms. The second-order valence-electron chi connectivity index (χ2n) is 6.10. The van der Waals surface area contributed by atoms with Crippen LogP contribution >= 0.6 is 0 Å². The van der Waals surface area contributed by atoms with Crippen LogP contribution in [0.1, 0.15) is 25.3 Å². The molecule has 30 heavy (non-hydrogen) atoms. The summed E-state index contributed by atoms with van der Waals surface area (Å²) in [6.45, 7) is 1.04. The van der Waals surface area contributed by atoms with Gasteiger partial charge < -0.3 is 20.5 Å². The van der Waals surface area contributed by atoms with Crippen molar-refractivity contribution >= 4 is 22.1 Å². The van der Waals surface area contributed by atoms with Gasteiger partial charge in [0.2, 0.25) is 17.6 Å². The maximum Gasteiger partial charge on any atom is 0.324 e. The molecule has 1 heterocycles. The molecule has 1 amide bonds. The van der Waals surface area contributed by atoms with Gasteiger partial charge >= 0.3 is 5.97 Å². The number of carbonyl (C=O) groups is 2. The number of hydrogen-bond donors (Lipinski definition) is 5. The second-order valence-corrected chi connectivity index (χ2v) is 7.58. The Morgan fingerprint density at radius 1 is 1.30 bits per heavy atom. The summed E-state index contributed by atoms with van der Waals surface area (Å²) in [6.07, 6.45) is -2.29. The third-order valence-corrected chi connectivity index (χ3v) is 4.80. The van der Waals surface area contributed by atoms with Gasteiger partial charge in [0.15, 0.2) is 0 Å². The van der Waals surface area contributed by atoms with E-state index in [1.165, 1.54) is 0 Å². The van der Waals surface area contributed by atoms with Crippen LogP contribution in [0.3, 0.4) is 0 Å². The van der Waals surface area contributed by atoms with Crippen LogP contribution in [0, 0.1) is 11.6 Å². The minimum Gasteiger partial charge on any atom is -0.480 e. The lowest BCUT2D eigenvalue weighted by Gasteiger charge is -2.19. The number of amides is 1. The molecular weight excluding hydrogens is 432 g/mol. The highest BCUT2D eigenvalue weighted by molar-refractivity contribution is 7.87. The number of carboxylic acid groups (broad SMARTS) is 1. The molecule has 0 aliphatic rings. The Kier molecular flexibility index (Phi) is 7.14. The van der Waals surface area contributed by atoms with E-state index in [0.717, 1.165) is 25.1 Å². The fraction of sp³-hybridized carbons (Fsp3) is 0.333. The molecule has 15 heteroatoms. The lowest BCUT2D eigenvalue weighted by molar-refractivity contribution is -0.141. The molecule has 2 rings (SSSR count). The predicted molar refractivity (Wildman–Crippen MR) is 94.5 cm³/mol. The molecule has 1 aromatic heterocycles. The minimum atomic E-state index is -4.64.